The van der Waals surface area contributed by atoms with Crippen LogP contribution in [-0.2, 0) is 14.3 Å². The SMILES string of the molecule is CCC/C=C/C=C/C=C/C=C/C=C/CCCCCC(CC(=O)NC(CO)C(O)CCCCCCCCCCCCCCC)OC(=O)CCCCCCCC/C=C/C=C/CCCCC. The van der Waals surface area contributed by atoms with Crippen LogP contribution in [-0.4, -0.2) is 46.9 Å². The van der Waals surface area contributed by atoms with E-state index in [4.69, 9.17) is 4.74 Å². The Bertz CT molecular complexity index is 1210. The first-order valence-electron chi connectivity index (χ1n) is 26.4. The van der Waals surface area contributed by atoms with Gasteiger partial charge in [0.1, 0.15) is 6.10 Å². The number of amides is 1. The van der Waals surface area contributed by atoms with Gasteiger partial charge in [-0.2, -0.15) is 0 Å². The Balaban J connectivity index is 4.72. The van der Waals surface area contributed by atoms with Crippen LogP contribution >= 0.6 is 0 Å². The number of nitrogens with one attached hydrogen (secondary N) is 1. The number of ether oxygens (including phenoxy) is 1. The highest BCUT2D eigenvalue weighted by Crippen LogP contribution is 2.17. The second-order valence-corrected chi connectivity index (χ2v) is 17.7. The van der Waals surface area contributed by atoms with Crippen LogP contribution in [0.25, 0.3) is 0 Å². The van der Waals surface area contributed by atoms with Crippen LogP contribution in [0.3, 0.4) is 0 Å². The third kappa shape index (κ3) is 45.4. The Kier molecular flexibility index (Phi) is 47.7. The van der Waals surface area contributed by atoms with E-state index >= 15 is 0 Å². The molecule has 63 heavy (non-hydrogen) atoms. The Labute approximate surface area is 389 Å². The van der Waals surface area contributed by atoms with Crippen molar-refractivity contribution in [1.29, 1.82) is 0 Å². The summed E-state index contributed by atoms with van der Waals surface area (Å²) in [5.41, 5.74) is 0. The minimum absolute atomic E-state index is 0.0409. The van der Waals surface area contributed by atoms with Crippen LogP contribution in [0.5, 0.6) is 0 Å². The molecule has 3 unspecified atom stereocenters. The first-order chi connectivity index (χ1) is 31.0. The zero-order valence-electron chi connectivity index (χ0n) is 41.2. The molecule has 3 atom stereocenters. The van der Waals surface area contributed by atoms with Crippen molar-refractivity contribution in [2.45, 2.75) is 257 Å². The van der Waals surface area contributed by atoms with Gasteiger partial charge < -0.3 is 20.3 Å². The second kappa shape index (κ2) is 50.0. The molecule has 0 saturated carbocycles. The van der Waals surface area contributed by atoms with Crippen LogP contribution < -0.4 is 5.32 Å². The van der Waals surface area contributed by atoms with Gasteiger partial charge >= 0.3 is 5.97 Å². The molecule has 0 aliphatic carbocycles. The predicted molar refractivity (Wildman–Crippen MR) is 273 cm³/mol. The van der Waals surface area contributed by atoms with Crippen molar-refractivity contribution in [1.82, 2.24) is 5.32 Å². The highest BCUT2D eigenvalue weighted by Gasteiger charge is 2.24. The summed E-state index contributed by atoms with van der Waals surface area (Å²) in [6, 6.07) is -0.722. The molecule has 0 aromatic carbocycles. The van der Waals surface area contributed by atoms with Crippen LogP contribution in [0, 0.1) is 0 Å². The Morgan fingerprint density at radius 2 is 0.841 bits per heavy atom. The number of hydrogen-bond donors (Lipinski definition) is 3. The van der Waals surface area contributed by atoms with E-state index in [1.165, 1.54) is 116 Å². The summed E-state index contributed by atoms with van der Waals surface area (Å²) in [6.45, 7) is 6.35. The Hall–Kier alpha value is -2.96. The van der Waals surface area contributed by atoms with Crippen molar-refractivity contribution in [2.75, 3.05) is 6.61 Å². The summed E-state index contributed by atoms with van der Waals surface area (Å²) < 4.78 is 5.92. The van der Waals surface area contributed by atoms with E-state index < -0.39 is 18.2 Å². The van der Waals surface area contributed by atoms with Gasteiger partial charge in [-0.25, -0.2) is 0 Å². The maximum Gasteiger partial charge on any atom is 0.306 e. The molecule has 0 bridgehead atoms. The fourth-order valence-electron chi connectivity index (χ4n) is 7.57. The van der Waals surface area contributed by atoms with Crippen LogP contribution in [0.1, 0.15) is 239 Å². The number of allylic oxidation sites excluding steroid dienone is 14. The largest absolute Gasteiger partial charge is 0.462 e. The monoisotopic (exact) mass is 878 g/mol. The third-order valence-corrected chi connectivity index (χ3v) is 11.6. The minimum atomic E-state index is -0.806. The second-order valence-electron chi connectivity index (χ2n) is 17.7. The number of esters is 1. The van der Waals surface area contributed by atoms with Crippen LogP contribution in [0.4, 0.5) is 0 Å². The van der Waals surface area contributed by atoms with Gasteiger partial charge in [0.15, 0.2) is 0 Å². The lowest BCUT2D eigenvalue weighted by Gasteiger charge is -2.24. The topological polar surface area (TPSA) is 95.9 Å². The number of carbonyl (C=O) groups is 2. The number of unbranched alkanes of at least 4 members (excludes halogenated alkanes) is 25. The van der Waals surface area contributed by atoms with Crippen LogP contribution in [0.2, 0.25) is 0 Å². The van der Waals surface area contributed by atoms with Gasteiger partial charge in [0.25, 0.3) is 0 Å². The molecule has 0 saturated heterocycles. The fourth-order valence-corrected chi connectivity index (χ4v) is 7.57. The van der Waals surface area contributed by atoms with E-state index in [-0.39, 0.29) is 24.9 Å². The zero-order chi connectivity index (χ0) is 45.9. The normalized spacial score (nSPS) is 13.9. The lowest BCUT2D eigenvalue weighted by molar-refractivity contribution is -0.151. The van der Waals surface area contributed by atoms with Gasteiger partial charge in [0.2, 0.25) is 5.91 Å². The lowest BCUT2D eigenvalue weighted by atomic mass is 10.0. The van der Waals surface area contributed by atoms with Crippen molar-refractivity contribution in [3.8, 4) is 0 Å². The standard InChI is InChI=1S/C57H99NO5/c1-4-7-10-13-16-19-22-25-27-29-31-33-36-39-42-45-48-53(63-57(62)50-47-44-41-38-35-32-28-26-23-20-17-14-11-8-5-2)51-56(61)58-54(52-59)55(60)49-46-43-40-37-34-30-24-21-18-15-12-9-6-3/h10,13,16-17,19-20,22-23,25-27,29,31,33,53-55,59-60H,4-9,11-12,14-15,18,21,24,28,30,32,34-52H2,1-3H3,(H,58,61)/b13-10+,19-16+,20-17+,25-22+,26-23+,29-27+,33-31+. The molecule has 0 aliphatic heterocycles. The predicted octanol–water partition coefficient (Wildman–Crippen LogP) is 16.0. The van der Waals surface area contributed by atoms with Gasteiger partial charge in [-0.1, -0.05) is 241 Å². The van der Waals surface area contributed by atoms with Crippen molar-refractivity contribution >= 4 is 11.9 Å². The number of aliphatic hydroxyl groups excluding tert-OH is 2. The molecule has 0 rings (SSSR count). The highest BCUT2D eigenvalue weighted by atomic mass is 16.5. The van der Waals surface area contributed by atoms with E-state index in [1.54, 1.807) is 0 Å². The van der Waals surface area contributed by atoms with Crippen molar-refractivity contribution in [3.05, 3.63) is 85.1 Å². The molecule has 0 aromatic rings. The van der Waals surface area contributed by atoms with E-state index in [2.05, 4.69) is 74.7 Å². The van der Waals surface area contributed by atoms with E-state index in [0.29, 0.717) is 19.3 Å². The van der Waals surface area contributed by atoms with Gasteiger partial charge in [0.05, 0.1) is 25.2 Å². The smallest absolute Gasteiger partial charge is 0.306 e. The number of carbonyl (C=O) groups excluding carboxylic acids is 2. The summed E-state index contributed by atoms with van der Waals surface area (Å²) in [5.74, 6) is -0.532. The van der Waals surface area contributed by atoms with E-state index in [0.717, 1.165) is 77.0 Å². The molecule has 0 heterocycles. The maximum absolute atomic E-state index is 13.2. The molecule has 6 nitrogen and oxygen atoms in total. The molecule has 362 valence electrons. The van der Waals surface area contributed by atoms with Crippen molar-refractivity contribution in [2.24, 2.45) is 0 Å². The van der Waals surface area contributed by atoms with E-state index in [1.807, 2.05) is 36.5 Å². The van der Waals surface area contributed by atoms with Gasteiger partial charge in [-0.3, -0.25) is 9.59 Å². The zero-order valence-corrected chi connectivity index (χ0v) is 41.2. The molecular weight excluding hydrogens is 779 g/mol. The fraction of sp³-hybridized carbons (Fsp3) is 0.719. The summed E-state index contributed by atoms with van der Waals surface area (Å²) >= 11 is 0. The molecule has 1 amide bonds. The molecule has 0 aromatic heterocycles. The minimum Gasteiger partial charge on any atom is -0.462 e. The van der Waals surface area contributed by atoms with Gasteiger partial charge in [0, 0.05) is 6.42 Å². The molecule has 6 heteroatoms. The Morgan fingerprint density at radius 1 is 0.460 bits per heavy atom. The summed E-state index contributed by atoms with van der Waals surface area (Å²) in [4.78, 5) is 26.2. The summed E-state index contributed by atoms with van der Waals surface area (Å²) in [6.07, 6.45) is 64.9. The molecular formula is C57H99NO5. The number of rotatable bonds is 46. The molecule has 0 aliphatic rings. The van der Waals surface area contributed by atoms with Crippen LogP contribution in [0.15, 0.2) is 85.1 Å². The molecule has 0 fully saturated rings. The average Bonchev–Trinajstić information content (AvgIpc) is 3.28. The van der Waals surface area contributed by atoms with Gasteiger partial charge in [-0.15, -0.1) is 0 Å². The summed E-state index contributed by atoms with van der Waals surface area (Å²) in [5, 5.41) is 23.8. The molecule has 0 radical (unpaired) electrons. The Morgan fingerprint density at radius 3 is 1.35 bits per heavy atom. The lowest BCUT2D eigenvalue weighted by Crippen LogP contribution is -2.46. The summed E-state index contributed by atoms with van der Waals surface area (Å²) in [7, 11) is 0. The first kappa shape index (κ1) is 60.0. The average molecular weight is 878 g/mol. The maximum atomic E-state index is 13.2. The first-order valence-corrected chi connectivity index (χ1v) is 26.4. The van der Waals surface area contributed by atoms with E-state index in [9.17, 15) is 19.8 Å². The number of aliphatic hydroxyl groups is 2. The number of hydrogen-bond acceptors (Lipinski definition) is 5. The van der Waals surface area contributed by atoms with Crippen molar-refractivity contribution < 1.29 is 24.5 Å². The third-order valence-electron chi connectivity index (χ3n) is 11.6. The van der Waals surface area contributed by atoms with Crippen molar-refractivity contribution in [3.63, 3.8) is 0 Å². The molecule has 3 N–H and O–H groups in total. The van der Waals surface area contributed by atoms with Gasteiger partial charge in [-0.05, 0) is 70.6 Å². The highest BCUT2D eigenvalue weighted by molar-refractivity contribution is 5.77. The molecule has 0 spiro atoms. The quantitative estimate of drug-likeness (QED) is 0.0322.